The van der Waals surface area contributed by atoms with Crippen molar-refractivity contribution >= 4 is 73.7 Å². The van der Waals surface area contributed by atoms with Crippen molar-refractivity contribution in [1.29, 1.82) is 0 Å². The summed E-state index contributed by atoms with van der Waals surface area (Å²) in [4.78, 5) is 16.4. The van der Waals surface area contributed by atoms with Crippen LogP contribution in [0, 0.1) is 0 Å². The smallest absolute Gasteiger partial charge is 0.245 e. The maximum Gasteiger partial charge on any atom is 0.245 e. The Bertz CT molecular complexity index is 1380. The molecule has 1 aliphatic heterocycles. The SMILES string of the molecule is COCCN(CC(=O)N1CCc2sccc2C1c1ccc(Cl)cc1Cl)S(=O)(=O)c1cc(Cl)ccc1Cl. The first-order valence-corrected chi connectivity index (χ1v) is 14.7. The standard InChI is InChI=1S/C24H22Cl4N2O4S2/c1-34-10-9-29(36(32,33)22-13-16(26)3-5-19(22)27)14-23(31)30-8-6-21-18(7-11-35-21)24(30)17-4-2-15(25)12-20(17)28/h2-5,7,11-13,24H,6,8-10,14H2,1H3. The number of carbonyl (C=O) groups is 1. The third-order valence-electron chi connectivity index (χ3n) is 5.91. The highest BCUT2D eigenvalue weighted by Crippen LogP contribution is 2.41. The molecule has 6 nitrogen and oxygen atoms in total. The molecule has 1 aliphatic rings. The zero-order valence-corrected chi connectivity index (χ0v) is 23.7. The average Bonchev–Trinajstić information content (AvgIpc) is 3.31. The van der Waals surface area contributed by atoms with Crippen LogP contribution in [0.15, 0.2) is 52.7 Å². The van der Waals surface area contributed by atoms with Gasteiger partial charge in [0.1, 0.15) is 4.90 Å². The van der Waals surface area contributed by atoms with Crippen molar-refractivity contribution < 1.29 is 17.9 Å². The summed E-state index contributed by atoms with van der Waals surface area (Å²) in [7, 11) is -2.70. The van der Waals surface area contributed by atoms with Gasteiger partial charge in [0.25, 0.3) is 0 Å². The molecule has 1 atom stereocenters. The number of carbonyl (C=O) groups excluding carboxylic acids is 1. The van der Waals surface area contributed by atoms with Crippen LogP contribution in [0.25, 0.3) is 0 Å². The van der Waals surface area contributed by atoms with E-state index in [1.807, 2.05) is 11.4 Å². The highest BCUT2D eigenvalue weighted by molar-refractivity contribution is 7.89. The van der Waals surface area contributed by atoms with Crippen LogP contribution >= 0.6 is 57.7 Å². The lowest BCUT2D eigenvalue weighted by Gasteiger charge is -2.37. The Morgan fingerprint density at radius 1 is 1.06 bits per heavy atom. The summed E-state index contributed by atoms with van der Waals surface area (Å²) in [6.45, 7) is 0.0465. The Hall–Kier alpha value is -1.36. The molecule has 1 aromatic heterocycles. The van der Waals surface area contributed by atoms with Crippen molar-refractivity contribution in [1.82, 2.24) is 9.21 Å². The zero-order chi connectivity index (χ0) is 26.0. The largest absolute Gasteiger partial charge is 0.383 e. The van der Waals surface area contributed by atoms with Gasteiger partial charge in [-0.3, -0.25) is 4.79 Å². The van der Waals surface area contributed by atoms with E-state index in [9.17, 15) is 13.2 Å². The van der Waals surface area contributed by atoms with Crippen molar-refractivity contribution in [3.05, 3.63) is 83.9 Å². The van der Waals surface area contributed by atoms with Gasteiger partial charge in [0.05, 0.1) is 24.2 Å². The summed E-state index contributed by atoms with van der Waals surface area (Å²) in [6.07, 6.45) is 0.658. The lowest BCUT2D eigenvalue weighted by Crippen LogP contribution is -2.47. The minimum atomic E-state index is -4.16. The second kappa shape index (κ2) is 11.6. The fourth-order valence-corrected chi connectivity index (χ4v) is 7.70. The summed E-state index contributed by atoms with van der Waals surface area (Å²) >= 11 is 26.5. The van der Waals surface area contributed by atoms with E-state index < -0.39 is 22.6 Å². The second-order valence-corrected chi connectivity index (χ2v) is 12.7. The van der Waals surface area contributed by atoms with Crippen LogP contribution in [0.4, 0.5) is 0 Å². The normalized spacial score (nSPS) is 15.8. The van der Waals surface area contributed by atoms with Crippen LogP contribution in [0.3, 0.4) is 0 Å². The molecule has 1 amide bonds. The molecule has 2 heterocycles. The lowest BCUT2D eigenvalue weighted by molar-refractivity contribution is -0.133. The summed E-state index contributed by atoms with van der Waals surface area (Å²) in [6, 6.07) is 10.8. The van der Waals surface area contributed by atoms with E-state index in [1.54, 1.807) is 34.4 Å². The van der Waals surface area contributed by atoms with Crippen molar-refractivity contribution in [2.75, 3.05) is 33.4 Å². The number of hydrogen-bond donors (Lipinski definition) is 0. The quantitative estimate of drug-likeness (QED) is 0.307. The van der Waals surface area contributed by atoms with Gasteiger partial charge >= 0.3 is 0 Å². The van der Waals surface area contributed by atoms with Crippen LogP contribution in [0.1, 0.15) is 22.0 Å². The molecule has 0 saturated heterocycles. The van der Waals surface area contributed by atoms with Gasteiger partial charge in [0, 0.05) is 40.1 Å². The Morgan fingerprint density at radius 3 is 2.50 bits per heavy atom. The molecule has 0 fully saturated rings. The summed E-state index contributed by atoms with van der Waals surface area (Å²) < 4.78 is 33.3. The first kappa shape index (κ1) is 27.7. The summed E-state index contributed by atoms with van der Waals surface area (Å²) in [5.74, 6) is -0.374. The molecule has 0 spiro atoms. The fourth-order valence-electron chi connectivity index (χ4n) is 4.18. The van der Waals surface area contributed by atoms with Crippen molar-refractivity contribution in [2.24, 2.45) is 0 Å². The first-order valence-electron chi connectivity index (χ1n) is 10.9. The Labute approximate surface area is 234 Å². The molecule has 0 bridgehead atoms. The molecule has 3 aromatic rings. The first-order chi connectivity index (χ1) is 17.1. The van der Waals surface area contributed by atoms with Crippen molar-refractivity contribution in [3.8, 4) is 0 Å². The topological polar surface area (TPSA) is 66.9 Å². The lowest BCUT2D eigenvalue weighted by atomic mass is 9.93. The van der Waals surface area contributed by atoms with Crippen LogP contribution in [0.5, 0.6) is 0 Å². The molecule has 1 unspecified atom stereocenters. The van der Waals surface area contributed by atoms with Gasteiger partial charge in [-0.1, -0.05) is 52.5 Å². The van der Waals surface area contributed by atoms with Gasteiger partial charge < -0.3 is 9.64 Å². The molecule has 0 N–H and O–H groups in total. The van der Waals surface area contributed by atoms with Gasteiger partial charge in [0.15, 0.2) is 0 Å². The highest BCUT2D eigenvalue weighted by Gasteiger charge is 2.37. The predicted molar refractivity (Wildman–Crippen MR) is 145 cm³/mol. The number of amides is 1. The van der Waals surface area contributed by atoms with Gasteiger partial charge in [-0.25, -0.2) is 8.42 Å². The molecule has 0 radical (unpaired) electrons. The number of halogens is 4. The molecule has 192 valence electrons. The third-order valence-corrected chi connectivity index (χ3v) is 10.0. The van der Waals surface area contributed by atoms with E-state index in [0.29, 0.717) is 23.0 Å². The Kier molecular flexibility index (Phi) is 8.90. The van der Waals surface area contributed by atoms with Crippen molar-refractivity contribution in [3.63, 3.8) is 0 Å². The average molecular weight is 608 g/mol. The van der Waals surface area contributed by atoms with Crippen LogP contribution in [-0.2, 0) is 26.0 Å². The highest BCUT2D eigenvalue weighted by atomic mass is 35.5. The molecule has 12 heteroatoms. The monoisotopic (exact) mass is 606 g/mol. The van der Waals surface area contributed by atoms with E-state index in [2.05, 4.69) is 0 Å². The number of methoxy groups -OCH3 is 1. The summed E-state index contributed by atoms with van der Waals surface area (Å²) in [5, 5.41) is 3.12. The number of ether oxygens (including phenoxy) is 1. The number of hydrogen-bond acceptors (Lipinski definition) is 5. The van der Waals surface area contributed by atoms with Gasteiger partial charge in [-0.2, -0.15) is 4.31 Å². The van der Waals surface area contributed by atoms with Gasteiger partial charge in [-0.15, -0.1) is 11.3 Å². The third kappa shape index (κ3) is 5.71. The maximum absolute atomic E-state index is 13.7. The molecule has 0 saturated carbocycles. The molecule has 2 aromatic carbocycles. The number of fused-ring (bicyclic) bond motifs is 1. The second-order valence-electron chi connectivity index (χ2n) is 8.11. The van der Waals surface area contributed by atoms with Crippen LogP contribution in [0.2, 0.25) is 20.1 Å². The number of rotatable bonds is 8. The molecular weight excluding hydrogens is 586 g/mol. The predicted octanol–water partition coefficient (Wildman–Crippen LogP) is 6.17. The molecule has 4 rings (SSSR count). The van der Waals surface area contributed by atoms with E-state index in [-0.39, 0.29) is 34.0 Å². The van der Waals surface area contributed by atoms with E-state index >= 15 is 0 Å². The molecule has 0 aliphatic carbocycles. The van der Waals surface area contributed by atoms with Gasteiger partial charge in [-0.05, 0) is 59.3 Å². The zero-order valence-electron chi connectivity index (χ0n) is 19.1. The van der Waals surface area contributed by atoms with E-state index in [1.165, 1.54) is 25.3 Å². The van der Waals surface area contributed by atoms with Crippen LogP contribution in [-0.4, -0.2) is 56.9 Å². The maximum atomic E-state index is 13.7. The van der Waals surface area contributed by atoms with Crippen LogP contribution < -0.4 is 0 Å². The number of sulfonamides is 1. The number of nitrogens with zero attached hydrogens (tertiary/aromatic N) is 2. The molecule has 36 heavy (non-hydrogen) atoms. The van der Waals surface area contributed by atoms with E-state index in [4.69, 9.17) is 51.1 Å². The number of thiophene rings is 1. The minimum absolute atomic E-state index is 0.0148. The number of benzene rings is 2. The summed E-state index contributed by atoms with van der Waals surface area (Å²) in [5.41, 5.74) is 1.69. The fraction of sp³-hybridized carbons (Fsp3) is 0.292. The Morgan fingerprint density at radius 2 is 1.78 bits per heavy atom. The molecular formula is C24H22Cl4N2O4S2. The van der Waals surface area contributed by atoms with E-state index in [0.717, 1.165) is 20.3 Å². The minimum Gasteiger partial charge on any atom is -0.383 e. The van der Waals surface area contributed by atoms with Crippen molar-refractivity contribution in [2.45, 2.75) is 17.4 Å². The van der Waals surface area contributed by atoms with Gasteiger partial charge in [0.2, 0.25) is 15.9 Å². The Balaban J connectivity index is 1.70.